The lowest BCUT2D eigenvalue weighted by Gasteiger charge is -2.55. The summed E-state index contributed by atoms with van der Waals surface area (Å²) < 4.78 is 26.6. The summed E-state index contributed by atoms with van der Waals surface area (Å²) in [5.41, 5.74) is 0.432. The third-order valence-corrected chi connectivity index (χ3v) is 8.07. The molecule has 2 amide bonds. The molecule has 4 aliphatic carbocycles. The van der Waals surface area contributed by atoms with E-state index in [0.29, 0.717) is 36.5 Å². The summed E-state index contributed by atoms with van der Waals surface area (Å²) in [6.45, 7) is 1.98. The summed E-state index contributed by atoms with van der Waals surface area (Å²) in [4.78, 5) is 27.3. The number of amides is 2. The molecule has 1 aromatic carbocycles. The predicted molar refractivity (Wildman–Crippen MR) is 113 cm³/mol. The van der Waals surface area contributed by atoms with Crippen molar-refractivity contribution >= 4 is 17.5 Å². The van der Waals surface area contributed by atoms with Crippen molar-refractivity contribution in [3.63, 3.8) is 0 Å². The van der Waals surface area contributed by atoms with Gasteiger partial charge in [0.2, 0.25) is 11.8 Å². The van der Waals surface area contributed by atoms with Crippen molar-refractivity contribution in [3.05, 3.63) is 29.8 Å². The number of nitrogens with zero attached hydrogens (tertiary/aromatic N) is 1. The molecule has 6 rings (SSSR count). The topological polar surface area (TPSA) is 61.4 Å². The lowest BCUT2D eigenvalue weighted by atomic mass is 9.49. The first-order valence-electron chi connectivity index (χ1n) is 11.7. The molecule has 1 aromatic rings. The number of carbonyl (C=O) groups is 2. The number of benzene rings is 1. The van der Waals surface area contributed by atoms with Crippen LogP contribution >= 0.6 is 0 Å². The Kier molecular flexibility index (Phi) is 5.39. The number of rotatable bonds is 6. The quantitative estimate of drug-likeness (QED) is 0.727. The monoisotopic (exact) mass is 431 g/mol. The van der Waals surface area contributed by atoms with Gasteiger partial charge < -0.3 is 15.5 Å². The van der Waals surface area contributed by atoms with Crippen molar-refractivity contribution in [2.24, 2.45) is 29.1 Å². The zero-order valence-electron chi connectivity index (χ0n) is 17.8. The van der Waals surface area contributed by atoms with E-state index in [9.17, 15) is 18.4 Å². The number of nitrogens with one attached hydrogen (secondary N) is 2. The molecule has 5 aliphatic rings. The van der Waals surface area contributed by atoms with Crippen LogP contribution in [0.5, 0.6) is 0 Å². The molecule has 168 valence electrons. The summed E-state index contributed by atoms with van der Waals surface area (Å²) in [5.74, 6) is 0.570. The Balaban J connectivity index is 1.06. The Morgan fingerprint density at radius 2 is 1.68 bits per heavy atom. The fourth-order valence-corrected chi connectivity index (χ4v) is 6.97. The molecule has 0 spiro atoms. The number of halogens is 2. The zero-order chi connectivity index (χ0) is 21.6. The highest BCUT2D eigenvalue weighted by atomic mass is 19.2. The molecule has 1 aliphatic heterocycles. The van der Waals surface area contributed by atoms with Crippen LogP contribution in [0.25, 0.3) is 0 Å². The number of hydrogen-bond donors (Lipinski definition) is 2. The summed E-state index contributed by atoms with van der Waals surface area (Å²) >= 11 is 0. The largest absolute Gasteiger partial charge is 0.371 e. The molecule has 0 radical (unpaired) electrons. The van der Waals surface area contributed by atoms with Gasteiger partial charge in [-0.25, -0.2) is 8.78 Å². The van der Waals surface area contributed by atoms with E-state index in [0.717, 1.165) is 38.3 Å². The van der Waals surface area contributed by atoms with Crippen LogP contribution in [0.3, 0.4) is 0 Å². The van der Waals surface area contributed by atoms with Crippen LogP contribution in [0.4, 0.5) is 14.5 Å². The standard InChI is InChI=1S/C24H31F2N3O2/c25-20-2-1-19(8-21(20)26)29-4-3-15(14-29)12-27-22(30)13-28-23(31)24-9-16-5-17(10-24)7-18(6-16)11-24/h1-2,8,15-18H,3-7,9-14H2,(H,27,30)(H,28,31). The molecule has 0 aromatic heterocycles. The van der Waals surface area contributed by atoms with Crippen molar-refractivity contribution < 1.29 is 18.4 Å². The molecule has 5 fully saturated rings. The van der Waals surface area contributed by atoms with Gasteiger partial charge in [0.1, 0.15) is 0 Å². The molecule has 31 heavy (non-hydrogen) atoms. The number of anilines is 1. The first kappa shape index (κ1) is 20.7. The fraction of sp³-hybridized carbons (Fsp3) is 0.667. The fourth-order valence-electron chi connectivity index (χ4n) is 6.97. The molecule has 1 unspecified atom stereocenters. The average Bonchev–Trinajstić information content (AvgIpc) is 3.20. The summed E-state index contributed by atoms with van der Waals surface area (Å²) in [6, 6.07) is 3.95. The van der Waals surface area contributed by atoms with Crippen molar-refractivity contribution in [1.82, 2.24) is 10.6 Å². The Bertz CT molecular complexity index is 839. The molecule has 2 N–H and O–H groups in total. The van der Waals surface area contributed by atoms with Gasteiger partial charge in [0.05, 0.1) is 6.54 Å². The first-order chi connectivity index (χ1) is 14.9. The second-order valence-electron chi connectivity index (χ2n) is 10.4. The second kappa shape index (κ2) is 8.06. The van der Waals surface area contributed by atoms with Gasteiger partial charge in [0.15, 0.2) is 11.6 Å². The van der Waals surface area contributed by atoms with Crippen LogP contribution in [0.2, 0.25) is 0 Å². The van der Waals surface area contributed by atoms with E-state index in [4.69, 9.17) is 0 Å². The maximum atomic E-state index is 13.5. The van der Waals surface area contributed by atoms with Gasteiger partial charge >= 0.3 is 0 Å². The van der Waals surface area contributed by atoms with E-state index < -0.39 is 11.6 Å². The maximum Gasteiger partial charge on any atom is 0.239 e. The molecule has 1 atom stereocenters. The summed E-state index contributed by atoms with van der Waals surface area (Å²) in [5, 5.41) is 5.85. The third kappa shape index (κ3) is 4.15. The molecule has 4 bridgehead atoms. The minimum absolute atomic E-state index is 0.0280. The van der Waals surface area contributed by atoms with Crippen LogP contribution in [-0.2, 0) is 9.59 Å². The van der Waals surface area contributed by atoms with Crippen LogP contribution < -0.4 is 15.5 Å². The summed E-state index contributed by atoms with van der Waals surface area (Å²) in [6.07, 6.45) is 7.72. The van der Waals surface area contributed by atoms with Crippen LogP contribution in [0.15, 0.2) is 18.2 Å². The third-order valence-electron chi connectivity index (χ3n) is 8.07. The van der Waals surface area contributed by atoms with Crippen LogP contribution in [-0.4, -0.2) is 38.0 Å². The Morgan fingerprint density at radius 1 is 1.00 bits per heavy atom. The van der Waals surface area contributed by atoms with E-state index in [-0.39, 0.29) is 29.7 Å². The van der Waals surface area contributed by atoms with E-state index in [1.807, 2.05) is 4.90 Å². The van der Waals surface area contributed by atoms with E-state index in [2.05, 4.69) is 10.6 Å². The van der Waals surface area contributed by atoms with E-state index in [1.54, 1.807) is 6.07 Å². The predicted octanol–water partition coefficient (Wildman–Crippen LogP) is 3.24. The second-order valence-corrected chi connectivity index (χ2v) is 10.4. The van der Waals surface area contributed by atoms with Gasteiger partial charge in [0, 0.05) is 36.8 Å². The van der Waals surface area contributed by atoms with Gasteiger partial charge in [-0.3, -0.25) is 9.59 Å². The summed E-state index contributed by atoms with van der Waals surface area (Å²) in [7, 11) is 0. The molecule has 4 saturated carbocycles. The molecule has 1 heterocycles. The molecule has 1 saturated heterocycles. The number of carbonyl (C=O) groups excluding carboxylic acids is 2. The van der Waals surface area contributed by atoms with Crippen molar-refractivity contribution in [3.8, 4) is 0 Å². The van der Waals surface area contributed by atoms with Gasteiger partial charge in [-0.2, -0.15) is 0 Å². The van der Waals surface area contributed by atoms with E-state index in [1.165, 1.54) is 25.3 Å². The first-order valence-corrected chi connectivity index (χ1v) is 11.7. The smallest absolute Gasteiger partial charge is 0.239 e. The van der Waals surface area contributed by atoms with Crippen LogP contribution in [0.1, 0.15) is 44.9 Å². The average molecular weight is 432 g/mol. The lowest BCUT2D eigenvalue weighted by Crippen LogP contribution is -2.54. The minimum Gasteiger partial charge on any atom is -0.371 e. The molecular formula is C24H31F2N3O2. The van der Waals surface area contributed by atoms with Crippen molar-refractivity contribution in [2.75, 3.05) is 31.1 Å². The Morgan fingerprint density at radius 3 is 2.32 bits per heavy atom. The Labute approximate surface area is 181 Å². The highest BCUT2D eigenvalue weighted by Crippen LogP contribution is 2.60. The van der Waals surface area contributed by atoms with Gasteiger partial charge in [-0.05, 0) is 80.8 Å². The normalized spacial score (nSPS) is 33.5. The van der Waals surface area contributed by atoms with Gasteiger partial charge in [-0.1, -0.05) is 0 Å². The van der Waals surface area contributed by atoms with Crippen molar-refractivity contribution in [1.29, 1.82) is 0 Å². The van der Waals surface area contributed by atoms with Gasteiger partial charge in [-0.15, -0.1) is 0 Å². The highest BCUT2D eigenvalue weighted by molar-refractivity contribution is 5.88. The molecule has 7 heteroatoms. The highest BCUT2D eigenvalue weighted by Gasteiger charge is 2.54. The molecular weight excluding hydrogens is 400 g/mol. The zero-order valence-corrected chi connectivity index (χ0v) is 17.8. The SMILES string of the molecule is O=C(CNC(=O)C12CC3CC(CC(C3)C1)C2)NCC1CCN(c2ccc(F)c(F)c2)C1. The lowest BCUT2D eigenvalue weighted by molar-refractivity contribution is -0.147. The molecule has 5 nitrogen and oxygen atoms in total. The Hall–Kier alpha value is -2.18. The van der Waals surface area contributed by atoms with E-state index >= 15 is 0 Å². The maximum absolute atomic E-state index is 13.5. The number of hydrogen-bond acceptors (Lipinski definition) is 3. The minimum atomic E-state index is -0.845. The van der Waals surface area contributed by atoms with Crippen LogP contribution in [0, 0.1) is 40.7 Å². The van der Waals surface area contributed by atoms with Crippen molar-refractivity contribution in [2.45, 2.75) is 44.9 Å². The van der Waals surface area contributed by atoms with Gasteiger partial charge in [0.25, 0.3) is 0 Å².